The van der Waals surface area contributed by atoms with E-state index in [0.717, 1.165) is 24.3 Å². The molecule has 1 fully saturated rings. The minimum Gasteiger partial charge on any atom is -0.339 e. The third kappa shape index (κ3) is 2.85. The molecule has 1 saturated heterocycles. The summed E-state index contributed by atoms with van der Waals surface area (Å²) in [7, 11) is 0. The highest BCUT2D eigenvalue weighted by molar-refractivity contribution is 5.78. The van der Waals surface area contributed by atoms with Gasteiger partial charge in [-0.2, -0.15) is 0 Å². The van der Waals surface area contributed by atoms with E-state index < -0.39 is 0 Å². The van der Waals surface area contributed by atoms with Crippen molar-refractivity contribution in [3.63, 3.8) is 0 Å². The Morgan fingerprint density at radius 3 is 2.64 bits per heavy atom. The van der Waals surface area contributed by atoms with Gasteiger partial charge < -0.3 is 9.80 Å². The van der Waals surface area contributed by atoms with Gasteiger partial charge in [-0.1, -0.05) is 24.3 Å². The molecular formula is C15H19N5O2. The summed E-state index contributed by atoms with van der Waals surface area (Å²) in [4.78, 5) is 28.7. The molecule has 1 amide bonds. The summed E-state index contributed by atoms with van der Waals surface area (Å²) in [5.74, 6) is -0.0811. The highest BCUT2D eigenvalue weighted by atomic mass is 16.2. The van der Waals surface area contributed by atoms with Crippen molar-refractivity contribution in [3.8, 4) is 0 Å². The molecule has 0 saturated carbocycles. The molecule has 7 nitrogen and oxygen atoms in total. The van der Waals surface area contributed by atoms with Crippen molar-refractivity contribution in [1.29, 1.82) is 0 Å². The van der Waals surface area contributed by atoms with Crippen molar-refractivity contribution in [2.24, 2.45) is 0 Å². The Balaban J connectivity index is 1.75. The van der Waals surface area contributed by atoms with Crippen molar-refractivity contribution in [2.45, 2.75) is 13.5 Å². The number of amides is 1. The zero-order valence-electron chi connectivity index (χ0n) is 12.6. The number of benzene rings is 1. The van der Waals surface area contributed by atoms with E-state index in [0.29, 0.717) is 24.0 Å². The molecule has 0 radical (unpaired) electrons. The lowest BCUT2D eigenvalue weighted by Gasteiger charge is -2.34. The van der Waals surface area contributed by atoms with Gasteiger partial charge in [0.25, 0.3) is 5.56 Å². The Hall–Kier alpha value is -2.28. The highest BCUT2D eigenvalue weighted by Gasteiger charge is 2.21. The van der Waals surface area contributed by atoms with E-state index in [1.807, 2.05) is 0 Å². The Kier molecular flexibility index (Phi) is 4.15. The summed E-state index contributed by atoms with van der Waals surface area (Å²) in [5.41, 5.74) is 0.277. The molecule has 1 aliphatic rings. The molecule has 1 aliphatic heterocycles. The van der Waals surface area contributed by atoms with E-state index in [-0.39, 0.29) is 18.0 Å². The Morgan fingerprint density at radius 1 is 1.18 bits per heavy atom. The van der Waals surface area contributed by atoms with Gasteiger partial charge >= 0.3 is 0 Å². The van der Waals surface area contributed by atoms with Gasteiger partial charge in [0.2, 0.25) is 5.91 Å². The number of rotatable bonds is 3. The van der Waals surface area contributed by atoms with Crippen LogP contribution in [0.1, 0.15) is 6.92 Å². The van der Waals surface area contributed by atoms with Crippen LogP contribution in [-0.4, -0.2) is 63.4 Å². The van der Waals surface area contributed by atoms with Crippen LogP contribution in [0.2, 0.25) is 0 Å². The lowest BCUT2D eigenvalue weighted by molar-refractivity contribution is -0.133. The van der Waals surface area contributed by atoms with Crippen LogP contribution >= 0.6 is 0 Å². The van der Waals surface area contributed by atoms with Crippen molar-refractivity contribution in [3.05, 3.63) is 34.6 Å². The van der Waals surface area contributed by atoms with Gasteiger partial charge in [-0.15, -0.1) is 5.10 Å². The topological polar surface area (TPSA) is 71.3 Å². The van der Waals surface area contributed by atoms with E-state index in [2.05, 4.69) is 22.1 Å². The van der Waals surface area contributed by atoms with E-state index in [4.69, 9.17) is 0 Å². The van der Waals surface area contributed by atoms with Gasteiger partial charge in [-0.3, -0.25) is 9.59 Å². The van der Waals surface area contributed by atoms with Crippen LogP contribution in [0.5, 0.6) is 0 Å². The number of hydrogen-bond donors (Lipinski definition) is 0. The molecule has 22 heavy (non-hydrogen) atoms. The number of carbonyl (C=O) groups excluding carboxylic acids is 1. The molecule has 0 unspecified atom stereocenters. The summed E-state index contributed by atoms with van der Waals surface area (Å²) in [6.07, 6.45) is 0. The van der Waals surface area contributed by atoms with Gasteiger partial charge in [0, 0.05) is 26.2 Å². The molecule has 0 N–H and O–H groups in total. The predicted molar refractivity (Wildman–Crippen MR) is 82.5 cm³/mol. The Bertz CT molecular complexity index is 734. The molecule has 3 rings (SSSR count). The largest absolute Gasteiger partial charge is 0.339 e. The van der Waals surface area contributed by atoms with Crippen molar-refractivity contribution in [2.75, 3.05) is 32.7 Å². The predicted octanol–water partition coefficient (Wildman–Crippen LogP) is -0.0444. The first-order valence-corrected chi connectivity index (χ1v) is 7.51. The minimum absolute atomic E-state index is 0.0528. The number of likely N-dealkylation sites (N-methyl/N-ethyl adjacent to an activating group) is 1. The molecule has 7 heteroatoms. The molecule has 2 aromatic rings. The number of hydrogen-bond acceptors (Lipinski definition) is 5. The van der Waals surface area contributed by atoms with E-state index in [1.165, 1.54) is 0 Å². The van der Waals surface area contributed by atoms with Gasteiger partial charge in [-0.05, 0) is 18.7 Å². The molecular weight excluding hydrogens is 282 g/mol. The lowest BCUT2D eigenvalue weighted by Crippen LogP contribution is -2.50. The number of nitrogens with zero attached hydrogens (tertiary/aromatic N) is 5. The first-order valence-electron chi connectivity index (χ1n) is 7.51. The zero-order valence-corrected chi connectivity index (χ0v) is 12.6. The first kappa shape index (κ1) is 14.6. The van der Waals surface area contributed by atoms with Crippen LogP contribution in [0, 0.1) is 0 Å². The molecule has 1 aromatic carbocycles. The van der Waals surface area contributed by atoms with E-state index in [1.54, 1.807) is 29.2 Å². The first-order chi connectivity index (χ1) is 10.7. The van der Waals surface area contributed by atoms with Crippen LogP contribution in [0.3, 0.4) is 0 Å². The third-order valence-corrected chi connectivity index (χ3v) is 4.09. The fourth-order valence-corrected chi connectivity index (χ4v) is 2.67. The molecule has 0 bridgehead atoms. The van der Waals surface area contributed by atoms with Gasteiger partial charge in [0.05, 0.1) is 5.39 Å². The number of fused-ring (bicyclic) bond motifs is 1. The number of piperazine rings is 1. The minimum atomic E-state index is -0.272. The zero-order chi connectivity index (χ0) is 15.5. The summed E-state index contributed by atoms with van der Waals surface area (Å²) in [6.45, 7) is 6.20. The maximum absolute atomic E-state index is 12.3. The maximum Gasteiger partial charge on any atom is 0.278 e. The van der Waals surface area contributed by atoms with Crippen LogP contribution in [0.15, 0.2) is 29.1 Å². The summed E-state index contributed by atoms with van der Waals surface area (Å²) < 4.78 is 1.15. The fourth-order valence-electron chi connectivity index (χ4n) is 2.67. The van der Waals surface area contributed by atoms with Crippen LogP contribution in [0.4, 0.5) is 0 Å². The molecule has 0 spiro atoms. The number of carbonyl (C=O) groups is 1. The SMILES string of the molecule is CCN1CCN(C(=O)Cn2nnc3ccccc3c2=O)CC1. The lowest BCUT2D eigenvalue weighted by atomic mass is 10.2. The monoisotopic (exact) mass is 301 g/mol. The Morgan fingerprint density at radius 2 is 1.91 bits per heavy atom. The molecule has 0 aliphatic carbocycles. The second-order valence-corrected chi connectivity index (χ2v) is 5.38. The quantitative estimate of drug-likeness (QED) is 0.795. The average Bonchev–Trinajstić information content (AvgIpc) is 2.57. The van der Waals surface area contributed by atoms with E-state index in [9.17, 15) is 9.59 Å². The van der Waals surface area contributed by atoms with Crippen LogP contribution < -0.4 is 5.56 Å². The second kappa shape index (κ2) is 6.23. The van der Waals surface area contributed by atoms with Crippen molar-refractivity contribution in [1.82, 2.24) is 24.8 Å². The molecule has 2 heterocycles. The van der Waals surface area contributed by atoms with Crippen LogP contribution in [-0.2, 0) is 11.3 Å². The highest BCUT2D eigenvalue weighted by Crippen LogP contribution is 2.05. The van der Waals surface area contributed by atoms with Gasteiger partial charge in [0.15, 0.2) is 0 Å². The fraction of sp³-hybridized carbons (Fsp3) is 0.467. The van der Waals surface area contributed by atoms with Crippen molar-refractivity contribution < 1.29 is 4.79 Å². The summed E-state index contributed by atoms with van der Waals surface area (Å²) in [6, 6.07) is 7.02. The van der Waals surface area contributed by atoms with Crippen LogP contribution in [0.25, 0.3) is 10.9 Å². The molecule has 1 aromatic heterocycles. The maximum atomic E-state index is 12.3. The number of aromatic nitrogens is 3. The molecule has 0 atom stereocenters. The van der Waals surface area contributed by atoms with E-state index >= 15 is 0 Å². The second-order valence-electron chi connectivity index (χ2n) is 5.38. The normalized spacial score (nSPS) is 16.1. The van der Waals surface area contributed by atoms with Crippen molar-refractivity contribution >= 4 is 16.8 Å². The average molecular weight is 301 g/mol. The smallest absolute Gasteiger partial charge is 0.278 e. The van der Waals surface area contributed by atoms with Gasteiger partial charge in [0.1, 0.15) is 12.1 Å². The molecule has 116 valence electrons. The standard InChI is InChI=1S/C15H19N5O2/c1-2-18-7-9-19(10-8-18)14(21)11-20-15(22)12-5-3-4-6-13(12)16-17-20/h3-6H,2,7-11H2,1H3. The summed E-state index contributed by atoms with van der Waals surface area (Å²) >= 11 is 0. The Labute approximate surface area is 128 Å². The third-order valence-electron chi connectivity index (χ3n) is 4.09. The summed E-state index contributed by atoms with van der Waals surface area (Å²) in [5, 5.41) is 8.36. The van der Waals surface area contributed by atoms with Gasteiger partial charge in [-0.25, -0.2) is 4.68 Å².